The maximum absolute atomic E-state index is 11.7. The van der Waals surface area contributed by atoms with E-state index in [-0.39, 0.29) is 0 Å². The lowest BCUT2D eigenvalue weighted by Gasteiger charge is -2.05. The Hall–Kier alpha value is -2.50. The number of nitrogens with one attached hydrogen (secondary N) is 2. The summed E-state index contributed by atoms with van der Waals surface area (Å²) in [7, 11) is 0. The van der Waals surface area contributed by atoms with Gasteiger partial charge in [0.15, 0.2) is 0 Å². The Morgan fingerprint density at radius 2 is 2.11 bits per heavy atom. The van der Waals surface area contributed by atoms with E-state index in [4.69, 9.17) is 9.47 Å². The molecule has 6 heteroatoms. The molecule has 0 bridgehead atoms. The van der Waals surface area contributed by atoms with Gasteiger partial charge in [0.25, 0.3) is 0 Å². The predicted molar refractivity (Wildman–Crippen MR) is 70.6 cm³/mol. The van der Waals surface area contributed by atoms with E-state index < -0.39 is 6.09 Å². The molecule has 0 radical (unpaired) electrons. The monoisotopic (exact) mass is 261 g/mol. The number of anilines is 1. The van der Waals surface area contributed by atoms with Gasteiger partial charge >= 0.3 is 6.09 Å². The van der Waals surface area contributed by atoms with Crippen LogP contribution in [0.15, 0.2) is 30.3 Å². The third-order valence-corrected chi connectivity index (χ3v) is 2.43. The molecule has 19 heavy (non-hydrogen) atoms. The van der Waals surface area contributed by atoms with Crippen molar-refractivity contribution in [2.24, 2.45) is 0 Å². The summed E-state index contributed by atoms with van der Waals surface area (Å²) in [5.74, 6) is 1.41. The molecule has 1 aromatic heterocycles. The van der Waals surface area contributed by atoms with Crippen molar-refractivity contribution < 1.29 is 14.3 Å². The maximum atomic E-state index is 11.7. The van der Waals surface area contributed by atoms with Crippen LogP contribution in [0.3, 0.4) is 0 Å². The van der Waals surface area contributed by atoms with E-state index in [9.17, 15) is 4.79 Å². The number of H-pyrrole nitrogens is 1. The molecular weight excluding hydrogens is 246 g/mol. The first-order chi connectivity index (χ1) is 9.20. The molecule has 1 heterocycles. The summed E-state index contributed by atoms with van der Waals surface area (Å²) in [6, 6.07) is 8.82. The molecule has 0 fully saturated rings. The topological polar surface area (TPSA) is 76.2 Å². The zero-order valence-corrected chi connectivity index (χ0v) is 10.8. The van der Waals surface area contributed by atoms with Crippen molar-refractivity contribution in [3.8, 4) is 11.6 Å². The molecule has 0 aliphatic heterocycles. The standard InChI is InChI=1S/C13H15N3O3/c1-3-18-12-9(2)11(15-16-12)14-13(17)19-10-7-5-4-6-8-10/h4-8H,3H2,1-2H3,(H2,14,15,16,17). The molecule has 2 aromatic rings. The molecule has 100 valence electrons. The summed E-state index contributed by atoms with van der Waals surface area (Å²) in [4.78, 5) is 11.7. The molecule has 6 nitrogen and oxygen atoms in total. The summed E-state index contributed by atoms with van der Waals surface area (Å²) < 4.78 is 10.4. The molecule has 0 spiro atoms. The SMILES string of the molecule is CCOc1n[nH]c(NC(=O)Oc2ccccc2)c1C. The molecule has 0 saturated heterocycles. The molecule has 0 saturated carbocycles. The lowest BCUT2D eigenvalue weighted by atomic mass is 10.3. The number of para-hydroxylation sites is 1. The Bertz CT molecular complexity index is 552. The quantitative estimate of drug-likeness (QED) is 0.887. The Balaban J connectivity index is 1.99. The second kappa shape index (κ2) is 5.90. The van der Waals surface area contributed by atoms with E-state index in [0.717, 1.165) is 5.56 Å². The molecule has 2 rings (SSSR count). The number of amides is 1. The van der Waals surface area contributed by atoms with Gasteiger partial charge in [0.2, 0.25) is 5.88 Å². The van der Waals surface area contributed by atoms with Crippen molar-refractivity contribution in [3.05, 3.63) is 35.9 Å². The summed E-state index contributed by atoms with van der Waals surface area (Å²) >= 11 is 0. The molecule has 0 aliphatic rings. The Morgan fingerprint density at radius 3 is 2.79 bits per heavy atom. The number of nitrogens with zero attached hydrogens (tertiary/aromatic N) is 1. The molecule has 0 unspecified atom stereocenters. The fourth-order valence-corrected chi connectivity index (χ4v) is 1.50. The fraction of sp³-hybridized carbons (Fsp3) is 0.231. The average molecular weight is 261 g/mol. The highest BCUT2D eigenvalue weighted by atomic mass is 16.6. The number of rotatable bonds is 4. The zero-order chi connectivity index (χ0) is 13.7. The van der Waals surface area contributed by atoms with Gasteiger partial charge in [-0.05, 0) is 26.0 Å². The normalized spacial score (nSPS) is 10.0. The molecule has 0 atom stereocenters. The van der Waals surface area contributed by atoms with Gasteiger partial charge < -0.3 is 9.47 Å². The summed E-state index contributed by atoms with van der Waals surface area (Å²) in [6.07, 6.45) is -0.582. The van der Waals surface area contributed by atoms with Crippen LogP contribution in [0.4, 0.5) is 10.6 Å². The molecule has 1 aromatic carbocycles. The predicted octanol–water partition coefficient (Wildman–Crippen LogP) is 2.73. The minimum absolute atomic E-state index is 0.462. The highest BCUT2D eigenvalue weighted by Crippen LogP contribution is 2.22. The van der Waals surface area contributed by atoms with Gasteiger partial charge in [-0.1, -0.05) is 18.2 Å². The van der Waals surface area contributed by atoms with Gasteiger partial charge in [-0.25, -0.2) is 4.79 Å². The minimum Gasteiger partial charge on any atom is -0.477 e. The number of carbonyl (C=O) groups is 1. The zero-order valence-electron chi connectivity index (χ0n) is 10.8. The third-order valence-electron chi connectivity index (χ3n) is 2.43. The van der Waals surface area contributed by atoms with E-state index in [1.165, 1.54) is 0 Å². The van der Waals surface area contributed by atoms with Crippen LogP contribution in [0, 0.1) is 6.92 Å². The fourth-order valence-electron chi connectivity index (χ4n) is 1.50. The summed E-state index contributed by atoms with van der Waals surface area (Å²) in [5.41, 5.74) is 0.729. The van der Waals surface area contributed by atoms with Crippen LogP contribution in [0.5, 0.6) is 11.6 Å². The number of aromatic amines is 1. The summed E-state index contributed by atoms with van der Waals surface area (Å²) in [6.45, 7) is 4.18. The van der Waals surface area contributed by atoms with Gasteiger partial charge in [-0.3, -0.25) is 10.4 Å². The first kappa shape index (κ1) is 12.9. The van der Waals surface area contributed by atoms with E-state index in [1.54, 1.807) is 31.2 Å². The van der Waals surface area contributed by atoms with Gasteiger partial charge in [-0.15, -0.1) is 5.10 Å². The van der Waals surface area contributed by atoms with Crippen molar-refractivity contribution in [1.29, 1.82) is 0 Å². The van der Waals surface area contributed by atoms with Crippen LogP contribution in [0.2, 0.25) is 0 Å². The second-order valence-corrected chi connectivity index (χ2v) is 3.79. The van der Waals surface area contributed by atoms with E-state index >= 15 is 0 Å². The highest BCUT2D eigenvalue weighted by molar-refractivity contribution is 5.86. The summed E-state index contributed by atoms with van der Waals surface area (Å²) in [5, 5.41) is 9.21. The largest absolute Gasteiger partial charge is 0.477 e. The Kier molecular flexibility index (Phi) is 4.02. The van der Waals surface area contributed by atoms with Gasteiger partial charge in [-0.2, -0.15) is 0 Å². The first-order valence-electron chi connectivity index (χ1n) is 5.92. The minimum atomic E-state index is -0.582. The number of hydrogen-bond acceptors (Lipinski definition) is 4. The van der Waals surface area contributed by atoms with Crippen LogP contribution < -0.4 is 14.8 Å². The van der Waals surface area contributed by atoms with Crippen LogP contribution >= 0.6 is 0 Å². The van der Waals surface area contributed by atoms with Crippen LogP contribution in [-0.2, 0) is 0 Å². The molecular formula is C13H15N3O3. The number of aromatic nitrogens is 2. The smallest absolute Gasteiger partial charge is 0.418 e. The maximum Gasteiger partial charge on any atom is 0.418 e. The van der Waals surface area contributed by atoms with Crippen LogP contribution in [0.1, 0.15) is 12.5 Å². The van der Waals surface area contributed by atoms with Gasteiger partial charge in [0, 0.05) is 0 Å². The second-order valence-electron chi connectivity index (χ2n) is 3.79. The number of benzene rings is 1. The van der Waals surface area contributed by atoms with Crippen LogP contribution in [-0.4, -0.2) is 22.9 Å². The number of ether oxygens (including phenoxy) is 2. The van der Waals surface area contributed by atoms with Crippen molar-refractivity contribution in [2.75, 3.05) is 11.9 Å². The number of hydrogen-bond donors (Lipinski definition) is 2. The first-order valence-corrected chi connectivity index (χ1v) is 5.92. The van der Waals surface area contributed by atoms with Gasteiger partial charge in [0.1, 0.15) is 11.6 Å². The lowest BCUT2D eigenvalue weighted by molar-refractivity contribution is 0.215. The van der Waals surface area contributed by atoms with Crippen molar-refractivity contribution >= 4 is 11.9 Å². The van der Waals surface area contributed by atoms with Crippen molar-refractivity contribution in [2.45, 2.75) is 13.8 Å². The number of carbonyl (C=O) groups excluding carboxylic acids is 1. The molecule has 0 aliphatic carbocycles. The average Bonchev–Trinajstić information content (AvgIpc) is 2.73. The third kappa shape index (κ3) is 3.25. The highest BCUT2D eigenvalue weighted by Gasteiger charge is 2.13. The van der Waals surface area contributed by atoms with Crippen molar-refractivity contribution in [1.82, 2.24) is 10.2 Å². The Labute approximate surface area is 110 Å². The van der Waals surface area contributed by atoms with Crippen LogP contribution in [0.25, 0.3) is 0 Å². The lowest BCUT2D eigenvalue weighted by Crippen LogP contribution is -2.17. The van der Waals surface area contributed by atoms with Gasteiger partial charge in [0.05, 0.1) is 12.2 Å². The van der Waals surface area contributed by atoms with E-state index in [0.29, 0.717) is 24.1 Å². The molecule has 2 N–H and O–H groups in total. The van der Waals surface area contributed by atoms with E-state index in [1.807, 2.05) is 13.0 Å². The molecule has 1 amide bonds. The van der Waals surface area contributed by atoms with Crippen molar-refractivity contribution in [3.63, 3.8) is 0 Å². The van der Waals surface area contributed by atoms with E-state index in [2.05, 4.69) is 15.5 Å². The Morgan fingerprint density at radius 1 is 1.37 bits per heavy atom.